The summed E-state index contributed by atoms with van der Waals surface area (Å²) in [7, 11) is 0. The average Bonchev–Trinajstić information content (AvgIpc) is 3.15. The van der Waals surface area contributed by atoms with Crippen molar-refractivity contribution in [3.05, 3.63) is 41.6 Å². The van der Waals surface area contributed by atoms with E-state index in [-0.39, 0.29) is 12.2 Å². The maximum atomic E-state index is 10.0. The SMILES string of the molecule is OC1c2ccc3cccnc3c2C2OC2C1O. The molecule has 4 unspecified atom stereocenters. The molecule has 17 heavy (non-hydrogen) atoms. The van der Waals surface area contributed by atoms with Crippen molar-refractivity contribution in [2.45, 2.75) is 24.4 Å². The lowest BCUT2D eigenvalue weighted by atomic mass is 9.86. The molecule has 2 aliphatic rings. The van der Waals surface area contributed by atoms with E-state index in [1.807, 2.05) is 24.3 Å². The molecule has 4 nitrogen and oxygen atoms in total. The molecule has 0 spiro atoms. The summed E-state index contributed by atoms with van der Waals surface area (Å²) < 4.78 is 5.45. The van der Waals surface area contributed by atoms with Gasteiger partial charge < -0.3 is 14.9 Å². The van der Waals surface area contributed by atoms with Crippen molar-refractivity contribution in [3.8, 4) is 0 Å². The van der Waals surface area contributed by atoms with E-state index < -0.39 is 12.2 Å². The van der Waals surface area contributed by atoms with Crippen molar-refractivity contribution >= 4 is 10.9 Å². The summed E-state index contributed by atoms with van der Waals surface area (Å²) in [4.78, 5) is 4.36. The first kappa shape index (κ1) is 9.53. The van der Waals surface area contributed by atoms with E-state index in [0.29, 0.717) is 0 Å². The van der Waals surface area contributed by atoms with Crippen LogP contribution in [-0.2, 0) is 4.74 Å². The first-order valence-corrected chi connectivity index (χ1v) is 5.66. The van der Waals surface area contributed by atoms with Crippen molar-refractivity contribution in [1.82, 2.24) is 4.98 Å². The van der Waals surface area contributed by atoms with Gasteiger partial charge in [-0.25, -0.2) is 0 Å². The molecule has 1 aromatic carbocycles. The molecular formula is C13H11NO3. The average molecular weight is 229 g/mol. The zero-order valence-electron chi connectivity index (χ0n) is 8.95. The minimum Gasteiger partial charge on any atom is -0.387 e. The van der Waals surface area contributed by atoms with Gasteiger partial charge in [0.05, 0.1) is 5.52 Å². The Bertz CT molecular complexity index is 613. The predicted molar refractivity (Wildman–Crippen MR) is 60.3 cm³/mol. The fourth-order valence-corrected chi connectivity index (χ4v) is 2.72. The Morgan fingerprint density at radius 1 is 1.18 bits per heavy atom. The lowest BCUT2D eigenvalue weighted by Gasteiger charge is -2.23. The van der Waals surface area contributed by atoms with Crippen LogP contribution < -0.4 is 0 Å². The molecule has 4 rings (SSSR count). The largest absolute Gasteiger partial charge is 0.387 e. The molecule has 2 N–H and O–H groups in total. The second-order valence-corrected chi connectivity index (χ2v) is 4.60. The van der Waals surface area contributed by atoms with Crippen molar-refractivity contribution in [2.75, 3.05) is 0 Å². The van der Waals surface area contributed by atoms with Crippen LogP contribution in [0.1, 0.15) is 23.3 Å². The molecule has 0 radical (unpaired) electrons. The molecular weight excluding hydrogens is 218 g/mol. The lowest BCUT2D eigenvalue weighted by molar-refractivity contribution is 0.0000933. The number of pyridine rings is 1. The van der Waals surface area contributed by atoms with Crippen molar-refractivity contribution in [3.63, 3.8) is 0 Å². The van der Waals surface area contributed by atoms with Gasteiger partial charge in [0.15, 0.2) is 0 Å². The van der Waals surface area contributed by atoms with Crippen LogP contribution in [0.2, 0.25) is 0 Å². The van der Waals surface area contributed by atoms with Crippen LogP contribution in [0.25, 0.3) is 10.9 Å². The zero-order chi connectivity index (χ0) is 11.6. The Morgan fingerprint density at radius 2 is 2.06 bits per heavy atom. The molecule has 0 saturated carbocycles. The van der Waals surface area contributed by atoms with E-state index in [9.17, 15) is 10.2 Å². The number of fused-ring (bicyclic) bond motifs is 5. The first-order valence-electron chi connectivity index (χ1n) is 5.66. The monoisotopic (exact) mass is 229 g/mol. The summed E-state index contributed by atoms with van der Waals surface area (Å²) in [5, 5.41) is 20.9. The van der Waals surface area contributed by atoms with Gasteiger partial charge >= 0.3 is 0 Å². The number of nitrogens with zero attached hydrogens (tertiary/aromatic N) is 1. The fraction of sp³-hybridized carbons (Fsp3) is 0.308. The number of hydrogen-bond acceptors (Lipinski definition) is 4. The van der Waals surface area contributed by atoms with E-state index in [2.05, 4.69) is 4.98 Å². The van der Waals surface area contributed by atoms with Gasteiger partial charge in [-0.2, -0.15) is 0 Å². The maximum Gasteiger partial charge on any atom is 0.118 e. The number of hydrogen-bond donors (Lipinski definition) is 2. The molecule has 0 bridgehead atoms. The van der Waals surface area contributed by atoms with E-state index in [1.165, 1.54) is 0 Å². The van der Waals surface area contributed by atoms with Gasteiger partial charge in [-0.15, -0.1) is 0 Å². The molecule has 1 aliphatic heterocycles. The quantitative estimate of drug-likeness (QED) is 0.663. The van der Waals surface area contributed by atoms with Crippen molar-refractivity contribution in [1.29, 1.82) is 0 Å². The first-order chi connectivity index (χ1) is 8.27. The highest BCUT2D eigenvalue weighted by Crippen LogP contribution is 2.52. The van der Waals surface area contributed by atoms with Gasteiger partial charge in [-0.1, -0.05) is 18.2 Å². The summed E-state index contributed by atoms with van der Waals surface area (Å²) in [6, 6.07) is 7.64. The number of aromatic nitrogens is 1. The standard InChI is InChI=1S/C13H11NO3/c15-10-7-4-3-6-2-1-5-14-9(6)8(7)12-13(17-12)11(10)16/h1-5,10-13,15-16H. The Hall–Kier alpha value is -1.49. The van der Waals surface area contributed by atoms with Gasteiger partial charge in [0.1, 0.15) is 24.4 Å². The third-order valence-corrected chi connectivity index (χ3v) is 3.64. The van der Waals surface area contributed by atoms with E-state index >= 15 is 0 Å². The number of epoxide rings is 1. The van der Waals surface area contributed by atoms with Gasteiger partial charge in [-0.05, 0) is 11.6 Å². The molecule has 86 valence electrons. The summed E-state index contributed by atoms with van der Waals surface area (Å²) in [5.74, 6) is 0. The minimum atomic E-state index is -0.875. The predicted octanol–water partition coefficient (Wildman–Crippen LogP) is 1.08. The van der Waals surface area contributed by atoms with E-state index in [1.54, 1.807) is 6.20 Å². The molecule has 1 aliphatic carbocycles. The van der Waals surface area contributed by atoms with Crippen LogP contribution in [0, 0.1) is 0 Å². The third kappa shape index (κ3) is 1.15. The molecule has 4 atom stereocenters. The van der Waals surface area contributed by atoms with Crippen LogP contribution in [-0.4, -0.2) is 27.4 Å². The highest BCUT2D eigenvalue weighted by Gasteiger charge is 2.54. The summed E-state index contributed by atoms with van der Waals surface area (Å²) in [6.07, 6.45) is -0.349. The molecule has 1 aromatic heterocycles. The van der Waals surface area contributed by atoms with Crippen LogP contribution >= 0.6 is 0 Å². The summed E-state index contributed by atoms with van der Waals surface area (Å²) in [6.45, 7) is 0. The van der Waals surface area contributed by atoms with Crippen LogP contribution in [0.15, 0.2) is 30.5 Å². The normalized spacial score (nSPS) is 34.2. The Kier molecular flexibility index (Phi) is 1.71. The van der Waals surface area contributed by atoms with Crippen LogP contribution in [0.4, 0.5) is 0 Å². The fourth-order valence-electron chi connectivity index (χ4n) is 2.72. The van der Waals surface area contributed by atoms with E-state index in [4.69, 9.17) is 4.74 Å². The molecule has 1 fully saturated rings. The van der Waals surface area contributed by atoms with Gasteiger partial charge in [-0.3, -0.25) is 4.98 Å². The number of aliphatic hydroxyl groups is 2. The summed E-state index contributed by atoms with van der Waals surface area (Å²) in [5.41, 5.74) is 2.54. The van der Waals surface area contributed by atoms with Gasteiger partial charge in [0, 0.05) is 17.1 Å². The van der Waals surface area contributed by atoms with Crippen molar-refractivity contribution in [2.24, 2.45) is 0 Å². The lowest BCUT2D eigenvalue weighted by Crippen LogP contribution is -2.29. The Morgan fingerprint density at radius 3 is 2.94 bits per heavy atom. The maximum absolute atomic E-state index is 10.0. The topological polar surface area (TPSA) is 65.9 Å². The number of benzene rings is 1. The molecule has 2 heterocycles. The Balaban J connectivity index is 2.05. The van der Waals surface area contributed by atoms with Crippen molar-refractivity contribution < 1.29 is 14.9 Å². The third-order valence-electron chi connectivity index (χ3n) is 3.64. The zero-order valence-corrected chi connectivity index (χ0v) is 8.95. The van der Waals surface area contributed by atoms with E-state index in [0.717, 1.165) is 22.0 Å². The minimum absolute atomic E-state index is 0.109. The number of ether oxygens (including phenoxy) is 1. The molecule has 1 saturated heterocycles. The van der Waals surface area contributed by atoms with Gasteiger partial charge in [0.2, 0.25) is 0 Å². The highest BCUT2D eigenvalue weighted by molar-refractivity contribution is 5.84. The molecule has 0 amide bonds. The second kappa shape index (κ2) is 3.04. The van der Waals surface area contributed by atoms with Gasteiger partial charge in [0.25, 0.3) is 0 Å². The number of aliphatic hydroxyl groups excluding tert-OH is 2. The smallest absolute Gasteiger partial charge is 0.118 e. The Labute approximate surface area is 97.5 Å². The second-order valence-electron chi connectivity index (χ2n) is 4.60. The number of rotatable bonds is 0. The van der Waals surface area contributed by atoms with Crippen LogP contribution in [0.3, 0.4) is 0 Å². The highest BCUT2D eigenvalue weighted by atomic mass is 16.6. The molecule has 4 heteroatoms. The summed E-state index contributed by atoms with van der Waals surface area (Å²) >= 11 is 0. The molecule has 2 aromatic rings. The van der Waals surface area contributed by atoms with Crippen LogP contribution in [0.5, 0.6) is 0 Å².